The molecule has 2 aromatic rings. The molecule has 22 heavy (non-hydrogen) atoms. The summed E-state index contributed by atoms with van der Waals surface area (Å²) in [7, 11) is 1.50. The number of hydrogen-bond acceptors (Lipinski definition) is 7. The lowest BCUT2D eigenvalue weighted by Crippen LogP contribution is -2.30. The van der Waals surface area contributed by atoms with Crippen LogP contribution < -0.4 is 16.2 Å². The van der Waals surface area contributed by atoms with E-state index in [1.807, 2.05) is 0 Å². The largest absolute Gasteiger partial charge is 0.367 e. The second-order valence-electron chi connectivity index (χ2n) is 3.99. The van der Waals surface area contributed by atoms with Crippen molar-refractivity contribution < 1.29 is 9.72 Å². The van der Waals surface area contributed by atoms with Crippen molar-refractivity contribution in [1.29, 1.82) is 0 Å². The zero-order valence-electron chi connectivity index (χ0n) is 11.3. The number of carbonyl (C=O) groups excluding carboxylic acids is 1. The Labute approximate surface area is 133 Å². The maximum atomic E-state index is 12.0. The summed E-state index contributed by atoms with van der Waals surface area (Å²) >= 11 is 3.25. The smallest absolute Gasteiger partial charge is 0.354 e. The van der Waals surface area contributed by atoms with Gasteiger partial charge in [-0.1, -0.05) is 12.1 Å². The number of amides is 1. The summed E-state index contributed by atoms with van der Waals surface area (Å²) < 4.78 is 0.599. The highest BCUT2D eigenvalue weighted by molar-refractivity contribution is 9.10. The fourth-order valence-electron chi connectivity index (χ4n) is 1.65. The molecule has 0 fully saturated rings. The Balaban J connectivity index is 2.20. The highest BCUT2D eigenvalue weighted by atomic mass is 79.9. The summed E-state index contributed by atoms with van der Waals surface area (Å²) in [6.45, 7) is 0. The van der Waals surface area contributed by atoms with Crippen LogP contribution in [0.5, 0.6) is 0 Å². The van der Waals surface area contributed by atoms with Gasteiger partial charge in [0.05, 0.1) is 10.5 Å². The van der Waals surface area contributed by atoms with E-state index >= 15 is 0 Å². The molecule has 1 heterocycles. The number of nitro groups is 1. The maximum absolute atomic E-state index is 12.0. The number of nitrogens with one attached hydrogen (secondary N) is 3. The highest BCUT2D eigenvalue weighted by Crippen LogP contribution is 2.27. The van der Waals surface area contributed by atoms with Crippen molar-refractivity contribution >= 4 is 39.2 Å². The molecule has 0 spiro atoms. The molecule has 0 aliphatic carbocycles. The second kappa shape index (κ2) is 6.80. The summed E-state index contributed by atoms with van der Waals surface area (Å²) in [5.41, 5.74) is 4.81. The zero-order valence-corrected chi connectivity index (χ0v) is 12.9. The Morgan fingerprint density at radius 3 is 2.59 bits per heavy atom. The van der Waals surface area contributed by atoms with Gasteiger partial charge in [-0.15, -0.1) is 0 Å². The number of anilines is 2. The molecule has 0 atom stereocenters. The van der Waals surface area contributed by atoms with E-state index in [0.29, 0.717) is 10.0 Å². The molecule has 114 valence electrons. The number of aromatic nitrogens is 2. The van der Waals surface area contributed by atoms with Crippen LogP contribution in [0.1, 0.15) is 10.4 Å². The van der Waals surface area contributed by atoms with Crippen molar-refractivity contribution in [2.75, 3.05) is 17.8 Å². The predicted octanol–water partition coefficient (Wildman–Crippen LogP) is 1.95. The Kier molecular flexibility index (Phi) is 4.84. The summed E-state index contributed by atoms with van der Waals surface area (Å²) in [5, 5.41) is 13.7. The minimum Gasteiger partial charge on any atom is -0.367 e. The molecule has 0 bridgehead atoms. The first-order chi connectivity index (χ1) is 10.5. The third kappa shape index (κ3) is 3.28. The zero-order chi connectivity index (χ0) is 16.1. The van der Waals surface area contributed by atoms with Crippen LogP contribution in [0.25, 0.3) is 0 Å². The quantitative estimate of drug-likeness (QED) is 0.545. The van der Waals surface area contributed by atoms with E-state index in [9.17, 15) is 14.9 Å². The summed E-state index contributed by atoms with van der Waals surface area (Å²) in [6.07, 6.45) is 1.14. The van der Waals surface area contributed by atoms with Crippen LogP contribution in [0.4, 0.5) is 17.3 Å². The average Bonchev–Trinajstić information content (AvgIpc) is 2.52. The van der Waals surface area contributed by atoms with Gasteiger partial charge in [0.2, 0.25) is 11.6 Å². The fraction of sp³-hybridized carbons (Fsp3) is 0.0833. The first-order valence-corrected chi connectivity index (χ1v) is 6.82. The van der Waals surface area contributed by atoms with Crippen molar-refractivity contribution in [3.63, 3.8) is 0 Å². The van der Waals surface area contributed by atoms with E-state index in [-0.39, 0.29) is 17.3 Å². The third-order valence-electron chi connectivity index (χ3n) is 2.65. The molecule has 2 rings (SSSR count). The first-order valence-electron chi connectivity index (χ1n) is 6.02. The number of hydrazine groups is 1. The van der Waals surface area contributed by atoms with E-state index in [1.54, 1.807) is 24.3 Å². The van der Waals surface area contributed by atoms with E-state index in [4.69, 9.17) is 0 Å². The van der Waals surface area contributed by atoms with Gasteiger partial charge in [0.15, 0.2) is 0 Å². The average molecular weight is 367 g/mol. The highest BCUT2D eigenvalue weighted by Gasteiger charge is 2.22. The molecular weight excluding hydrogens is 356 g/mol. The SMILES string of the molecule is CNc1ncnc(NNC(=O)c2ccccc2Br)c1[N+](=O)[O-]. The second-order valence-corrected chi connectivity index (χ2v) is 4.84. The molecule has 10 heteroatoms. The van der Waals surface area contributed by atoms with Crippen LogP contribution in [0, 0.1) is 10.1 Å². The van der Waals surface area contributed by atoms with Crippen LogP contribution in [0.15, 0.2) is 35.1 Å². The van der Waals surface area contributed by atoms with Crippen LogP contribution in [-0.2, 0) is 0 Å². The van der Waals surface area contributed by atoms with Crippen molar-refractivity contribution in [2.24, 2.45) is 0 Å². The van der Waals surface area contributed by atoms with E-state index < -0.39 is 10.8 Å². The number of halogens is 1. The minimum absolute atomic E-state index is 0.0395. The van der Waals surface area contributed by atoms with Crippen molar-refractivity contribution in [3.05, 3.63) is 50.7 Å². The molecule has 0 aliphatic heterocycles. The van der Waals surface area contributed by atoms with Gasteiger partial charge >= 0.3 is 5.69 Å². The number of rotatable bonds is 5. The molecule has 9 nitrogen and oxygen atoms in total. The van der Waals surface area contributed by atoms with Gasteiger partial charge in [-0.05, 0) is 28.1 Å². The predicted molar refractivity (Wildman–Crippen MR) is 83.5 cm³/mol. The van der Waals surface area contributed by atoms with Gasteiger partial charge in [-0.3, -0.25) is 25.8 Å². The van der Waals surface area contributed by atoms with E-state index in [2.05, 4.69) is 42.1 Å². The van der Waals surface area contributed by atoms with Gasteiger partial charge in [-0.25, -0.2) is 9.97 Å². The molecule has 0 saturated carbocycles. The molecule has 0 radical (unpaired) electrons. The Morgan fingerprint density at radius 2 is 1.95 bits per heavy atom. The topological polar surface area (TPSA) is 122 Å². The number of nitrogens with zero attached hydrogens (tertiary/aromatic N) is 3. The van der Waals surface area contributed by atoms with Crippen LogP contribution in [-0.4, -0.2) is 27.8 Å². The van der Waals surface area contributed by atoms with Crippen LogP contribution in [0.3, 0.4) is 0 Å². The van der Waals surface area contributed by atoms with Gasteiger partial charge in [0.25, 0.3) is 5.91 Å². The molecule has 0 unspecified atom stereocenters. The van der Waals surface area contributed by atoms with Gasteiger partial charge < -0.3 is 5.32 Å². The summed E-state index contributed by atoms with van der Waals surface area (Å²) in [4.78, 5) is 30.0. The van der Waals surface area contributed by atoms with Crippen molar-refractivity contribution in [1.82, 2.24) is 15.4 Å². The number of benzene rings is 1. The fourth-order valence-corrected chi connectivity index (χ4v) is 2.12. The van der Waals surface area contributed by atoms with Gasteiger partial charge in [-0.2, -0.15) is 0 Å². The van der Waals surface area contributed by atoms with Gasteiger partial charge in [0, 0.05) is 11.5 Å². The normalized spacial score (nSPS) is 9.91. The Hall–Kier alpha value is -2.75. The van der Waals surface area contributed by atoms with E-state index in [1.165, 1.54) is 7.05 Å². The number of hydrogen-bond donors (Lipinski definition) is 3. The van der Waals surface area contributed by atoms with Crippen LogP contribution in [0.2, 0.25) is 0 Å². The minimum atomic E-state index is -0.640. The van der Waals surface area contributed by atoms with Crippen LogP contribution >= 0.6 is 15.9 Å². The summed E-state index contributed by atoms with van der Waals surface area (Å²) in [5.74, 6) is -0.547. The molecule has 0 saturated heterocycles. The molecule has 3 N–H and O–H groups in total. The lowest BCUT2D eigenvalue weighted by atomic mass is 10.2. The monoisotopic (exact) mass is 366 g/mol. The maximum Gasteiger partial charge on any atom is 0.354 e. The lowest BCUT2D eigenvalue weighted by Gasteiger charge is -2.10. The Bertz CT molecular complexity index is 724. The molecule has 1 amide bonds. The lowest BCUT2D eigenvalue weighted by molar-refractivity contribution is -0.383. The standard InChI is InChI=1S/C12H11BrN6O3/c1-14-10-9(19(21)22)11(16-6-15-10)17-18-12(20)7-4-2-3-5-8(7)13/h2-6H,1H3,(H,18,20)(H2,14,15,16,17). The summed E-state index contributed by atoms with van der Waals surface area (Å²) in [6, 6.07) is 6.78. The molecule has 1 aromatic carbocycles. The molecular formula is C12H11BrN6O3. The van der Waals surface area contributed by atoms with E-state index in [0.717, 1.165) is 6.33 Å². The molecule has 0 aliphatic rings. The third-order valence-corrected chi connectivity index (χ3v) is 3.35. The first kappa shape index (κ1) is 15.6. The number of carbonyl (C=O) groups is 1. The van der Waals surface area contributed by atoms with Crippen molar-refractivity contribution in [3.8, 4) is 0 Å². The molecule has 1 aromatic heterocycles. The Morgan fingerprint density at radius 1 is 1.27 bits per heavy atom. The van der Waals surface area contributed by atoms with Gasteiger partial charge in [0.1, 0.15) is 6.33 Å². The van der Waals surface area contributed by atoms with Crippen molar-refractivity contribution in [2.45, 2.75) is 0 Å².